The zero-order valence-electron chi connectivity index (χ0n) is 12.2. The van der Waals surface area contributed by atoms with Gasteiger partial charge in [0.15, 0.2) is 5.69 Å². The molecule has 0 spiro atoms. The maximum atomic E-state index is 12.4. The molecule has 3 rings (SSSR count). The van der Waals surface area contributed by atoms with Crippen LogP contribution >= 0.6 is 0 Å². The van der Waals surface area contributed by atoms with Gasteiger partial charge in [0.1, 0.15) is 0 Å². The molecule has 2 N–H and O–H groups in total. The summed E-state index contributed by atoms with van der Waals surface area (Å²) in [6.07, 6.45) is 5.01. The van der Waals surface area contributed by atoms with E-state index in [1.807, 2.05) is 4.90 Å². The molecule has 0 radical (unpaired) electrons. The van der Waals surface area contributed by atoms with Gasteiger partial charge in [-0.1, -0.05) is 0 Å². The number of aromatic nitrogens is 3. The van der Waals surface area contributed by atoms with Crippen LogP contribution in [-0.4, -0.2) is 75.6 Å². The van der Waals surface area contributed by atoms with E-state index in [9.17, 15) is 9.90 Å². The number of nitrogens with one attached hydrogen (secondary N) is 1. The number of nitrogens with zero attached hydrogens (tertiary/aromatic N) is 4. The van der Waals surface area contributed by atoms with Crippen LogP contribution in [0.5, 0.6) is 0 Å². The Morgan fingerprint density at radius 2 is 2.10 bits per heavy atom. The number of aromatic amines is 1. The third-order valence-corrected chi connectivity index (χ3v) is 4.52. The van der Waals surface area contributed by atoms with E-state index in [4.69, 9.17) is 0 Å². The van der Waals surface area contributed by atoms with Crippen LogP contribution in [0.4, 0.5) is 0 Å². The molecule has 1 aromatic rings. The van der Waals surface area contributed by atoms with Crippen LogP contribution in [0, 0.1) is 11.8 Å². The largest absolute Gasteiger partial charge is 0.396 e. The Labute approximate surface area is 124 Å². The summed E-state index contributed by atoms with van der Waals surface area (Å²) in [5, 5.41) is 19.6. The van der Waals surface area contributed by atoms with Crippen molar-refractivity contribution in [2.24, 2.45) is 11.8 Å². The molecule has 0 saturated carbocycles. The zero-order valence-corrected chi connectivity index (χ0v) is 12.2. The first-order valence-electron chi connectivity index (χ1n) is 7.74. The van der Waals surface area contributed by atoms with Gasteiger partial charge in [-0.15, -0.1) is 0 Å². The summed E-state index contributed by atoms with van der Waals surface area (Å²) in [6, 6.07) is 0. The molecule has 3 heterocycles. The molecular weight excluding hydrogens is 270 g/mol. The van der Waals surface area contributed by atoms with E-state index >= 15 is 0 Å². The van der Waals surface area contributed by atoms with Crippen molar-refractivity contribution in [3.05, 3.63) is 11.9 Å². The highest BCUT2D eigenvalue weighted by molar-refractivity contribution is 5.91. The van der Waals surface area contributed by atoms with Crippen LogP contribution in [0.2, 0.25) is 0 Å². The molecule has 7 nitrogen and oxygen atoms in total. The van der Waals surface area contributed by atoms with Gasteiger partial charge in [-0.2, -0.15) is 15.4 Å². The normalized spacial score (nSPS) is 27.2. The smallest absolute Gasteiger partial charge is 0.276 e. The van der Waals surface area contributed by atoms with Crippen molar-refractivity contribution in [1.82, 2.24) is 25.2 Å². The van der Waals surface area contributed by atoms with Crippen LogP contribution in [0.15, 0.2) is 6.20 Å². The number of carbonyl (C=O) groups is 1. The minimum atomic E-state index is -0.0895. The third kappa shape index (κ3) is 3.41. The summed E-state index contributed by atoms with van der Waals surface area (Å²) in [7, 11) is 0. The van der Waals surface area contributed by atoms with Gasteiger partial charge in [0.05, 0.1) is 6.20 Å². The summed E-state index contributed by atoms with van der Waals surface area (Å²) >= 11 is 0. The summed E-state index contributed by atoms with van der Waals surface area (Å²) < 4.78 is 0. The standard InChI is InChI=1S/C14H23N5O2/c20-10-12-5-11(7-18-3-1-2-4-18)8-19(9-12)14(21)13-6-15-17-16-13/h6,11-12,20H,1-5,7-10H2,(H,15,16,17)/t11-,12+/m1/s1. The van der Waals surface area contributed by atoms with Crippen molar-refractivity contribution in [2.75, 3.05) is 39.3 Å². The number of hydrogen-bond donors (Lipinski definition) is 2. The van der Waals surface area contributed by atoms with Crippen LogP contribution in [-0.2, 0) is 0 Å². The second-order valence-electron chi connectivity index (χ2n) is 6.22. The lowest BCUT2D eigenvalue weighted by atomic mass is 9.89. The SMILES string of the molecule is O=C(c1cn[nH]n1)N1C[C@@H](CN2CCCC2)C[C@H](CO)C1. The van der Waals surface area contributed by atoms with E-state index in [0.29, 0.717) is 18.2 Å². The first kappa shape index (κ1) is 14.5. The highest BCUT2D eigenvalue weighted by Crippen LogP contribution is 2.24. The minimum absolute atomic E-state index is 0.0895. The Hall–Kier alpha value is -1.47. The van der Waals surface area contributed by atoms with Crippen molar-refractivity contribution < 1.29 is 9.90 Å². The van der Waals surface area contributed by atoms with E-state index in [1.165, 1.54) is 19.0 Å². The Balaban J connectivity index is 1.64. The number of amides is 1. The molecular formula is C14H23N5O2. The van der Waals surface area contributed by atoms with Crippen molar-refractivity contribution in [2.45, 2.75) is 19.3 Å². The first-order chi connectivity index (χ1) is 10.3. The van der Waals surface area contributed by atoms with Gasteiger partial charge in [-0.05, 0) is 44.2 Å². The lowest BCUT2D eigenvalue weighted by Crippen LogP contribution is -2.47. The maximum Gasteiger partial charge on any atom is 0.276 e. The molecule has 21 heavy (non-hydrogen) atoms. The van der Waals surface area contributed by atoms with Crippen LogP contribution < -0.4 is 0 Å². The fraction of sp³-hybridized carbons (Fsp3) is 0.786. The lowest BCUT2D eigenvalue weighted by molar-refractivity contribution is 0.0460. The highest BCUT2D eigenvalue weighted by atomic mass is 16.3. The fourth-order valence-electron chi connectivity index (χ4n) is 3.55. The van der Waals surface area contributed by atoms with Gasteiger partial charge in [0.25, 0.3) is 5.91 Å². The second-order valence-corrected chi connectivity index (χ2v) is 6.22. The average Bonchev–Trinajstić information content (AvgIpc) is 3.19. The van der Waals surface area contributed by atoms with E-state index in [2.05, 4.69) is 20.3 Å². The molecule has 0 unspecified atom stereocenters. The second kappa shape index (κ2) is 6.53. The molecule has 1 amide bonds. The lowest BCUT2D eigenvalue weighted by Gasteiger charge is -2.38. The molecule has 2 aliphatic heterocycles. The van der Waals surface area contributed by atoms with Gasteiger partial charge in [-0.3, -0.25) is 4.79 Å². The molecule has 2 aliphatic rings. The molecule has 1 aromatic heterocycles. The Morgan fingerprint density at radius 1 is 1.33 bits per heavy atom. The zero-order chi connectivity index (χ0) is 14.7. The van der Waals surface area contributed by atoms with Gasteiger partial charge in [0.2, 0.25) is 0 Å². The van der Waals surface area contributed by atoms with E-state index in [1.54, 1.807) is 0 Å². The number of carbonyl (C=O) groups excluding carboxylic acids is 1. The number of aliphatic hydroxyl groups is 1. The topological polar surface area (TPSA) is 85.4 Å². The number of H-pyrrole nitrogens is 1. The molecule has 7 heteroatoms. The van der Waals surface area contributed by atoms with Crippen molar-refractivity contribution in [1.29, 1.82) is 0 Å². The van der Waals surface area contributed by atoms with Crippen LogP contribution in [0.1, 0.15) is 29.8 Å². The first-order valence-corrected chi connectivity index (χ1v) is 7.74. The van der Waals surface area contributed by atoms with Gasteiger partial charge < -0.3 is 14.9 Å². The van der Waals surface area contributed by atoms with Crippen molar-refractivity contribution in [3.8, 4) is 0 Å². The van der Waals surface area contributed by atoms with E-state index < -0.39 is 0 Å². The Morgan fingerprint density at radius 3 is 2.76 bits per heavy atom. The number of aliphatic hydroxyl groups excluding tert-OH is 1. The Kier molecular flexibility index (Phi) is 4.50. The summed E-state index contributed by atoms with van der Waals surface area (Å²) in [5.41, 5.74) is 0.355. The van der Waals surface area contributed by atoms with Gasteiger partial charge in [0, 0.05) is 26.2 Å². The third-order valence-electron chi connectivity index (χ3n) is 4.52. The predicted octanol–water partition coefficient (Wildman–Crippen LogP) is -0.0289. The van der Waals surface area contributed by atoms with Gasteiger partial charge in [-0.25, -0.2) is 0 Å². The van der Waals surface area contributed by atoms with Gasteiger partial charge >= 0.3 is 0 Å². The monoisotopic (exact) mass is 293 g/mol. The quantitative estimate of drug-likeness (QED) is 0.814. The highest BCUT2D eigenvalue weighted by Gasteiger charge is 2.32. The minimum Gasteiger partial charge on any atom is -0.396 e. The number of hydrogen-bond acceptors (Lipinski definition) is 5. The number of piperidine rings is 1. The summed E-state index contributed by atoms with van der Waals surface area (Å²) in [6.45, 7) is 4.85. The van der Waals surface area contributed by atoms with E-state index in [-0.39, 0.29) is 18.4 Å². The molecule has 0 bridgehead atoms. The summed E-state index contributed by atoms with van der Waals surface area (Å²) in [5.74, 6) is 0.514. The van der Waals surface area contributed by atoms with Crippen LogP contribution in [0.3, 0.4) is 0 Å². The fourth-order valence-corrected chi connectivity index (χ4v) is 3.55. The van der Waals surface area contributed by atoms with Crippen molar-refractivity contribution in [3.63, 3.8) is 0 Å². The van der Waals surface area contributed by atoms with Crippen LogP contribution in [0.25, 0.3) is 0 Å². The maximum absolute atomic E-state index is 12.4. The number of likely N-dealkylation sites (tertiary alicyclic amines) is 2. The Bertz CT molecular complexity index is 458. The summed E-state index contributed by atoms with van der Waals surface area (Å²) in [4.78, 5) is 16.7. The molecule has 0 aliphatic carbocycles. The molecule has 2 atom stereocenters. The molecule has 116 valence electrons. The predicted molar refractivity (Wildman–Crippen MR) is 76.6 cm³/mol. The average molecular weight is 293 g/mol. The number of rotatable bonds is 4. The van der Waals surface area contributed by atoms with Crippen molar-refractivity contribution >= 4 is 5.91 Å². The molecule has 2 fully saturated rings. The molecule has 2 saturated heterocycles. The van der Waals surface area contributed by atoms with E-state index in [0.717, 1.165) is 32.6 Å². The molecule has 0 aromatic carbocycles.